The normalized spacial score (nSPS) is 14.5. The van der Waals surface area contributed by atoms with Gasteiger partial charge in [0.05, 0.1) is 42.1 Å². The number of phosphoric ester groups is 2. The van der Waals surface area contributed by atoms with Crippen LogP contribution >= 0.6 is 15.6 Å². The molecule has 15 heteroatoms. The monoisotopic (exact) mass is 548 g/mol. The Morgan fingerprint density at radius 1 is 0.810 bits per heavy atom. The van der Waals surface area contributed by atoms with Crippen molar-refractivity contribution in [1.82, 2.24) is 0 Å². The van der Waals surface area contributed by atoms with E-state index < -0.39 is 54.3 Å². The molecule has 0 spiro atoms. The summed E-state index contributed by atoms with van der Waals surface area (Å²) in [4.78, 5) is 38.8. The van der Waals surface area contributed by atoms with Crippen molar-refractivity contribution in [2.75, 3.05) is 26.4 Å². The summed E-state index contributed by atoms with van der Waals surface area (Å²) >= 11 is 0. The molecule has 0 amide bonds. The zero-order valence-corrected chi connectivity index (χ0v) is 16.1. The van der Waals surface area contributed by atoms with Crippen LogP contribution in [0, 0.1) is 0 Å². The molecular formula is C6H14O12P2Pb. The molecule has 124 valence electrons. The van der Waals surface area contributed by atoms with E-state index in [0.717, 1.165) is 0 Å². The summed E-state index contributed by atoms with van der Waals surface area (Å²) in [7, 11) is -10.0. The maximum absolute atomic E-state index is 9.71. The smallest absolute Gasteiger partial charge is 0.790 e. The van der Waals surface area contributed by atoms with Crippen molar-refractivity contribution in [1.29, 1.82) is 0 Å². The van der Waals surface area contributed by atoms with E-state index in [4.69, 9.17) is 20.4 Å². The van der Waals surface area contributed by atoms with Gasteiger partial charge in [-0.15, -0.1) is 0 Å². The Morgan fingerprint density at radius 3 is 1.19 bits per heavy atom. The van der Waals surface area contributed by atoms with Gasteiger partial charge in [0.1, 0.15) is 12.2 Å². The second-order valence-corrected chi connectivity index (χ2v) is 5.46. The zero-order chi connectivity index (χ0) is 16.4. The Kier molecular flexibility index (Phi) is 17.2. The Bertz CT molecular complexity index is 296. The number of hydrogen-bond donors (Lipinski definition) is 4. The quantitative estimate of drug-likeness (QED) is 0.165. The van der Waals surface area contributed by atoms with Crippen LogP contribution in [0.2, 0.25) is 0 Å². The third-order valence-corrected chi connectivity index (χ3v) is 2.20. The molecular weight excluding hydrogens is 533 g/mol. The maximum atomic E-state index is 9.71. The van der Waals surface area contributed by atoms with Crippen molar-refractivity contribution in [3.63, 3.8) is 0 Å². The minimum absolute atomic E-state index is 0. The van der Waals surface area contributed by atoms with Gasteiger partial charge in [0.15, 0.2) is 0 Å². The van der Waals surface area contributed by atoms with Crippen LogP contribution in [0.3, 0.4) is 0 Å². The topological polar surface area (TPSA) is 226 Å². The second kappa shape index (κ2) is 13.4. The van der Waals surface area contributed by atoms with Crippen molar-refractivity contribution >= 4 is 42.9 Å². The molecule has 0 saturated heterocycles. The fourth-order valence-corrected chi connectivity index (χ4v) is 1.17. The van der Waals surface area contributed by atoms with Crippen LogP contribution < -0.4 is 19.6 Å². The van der Waals surface area contributed by atoms with Crippen LogP contribution in [-0.4, -0.2) is 86.4 Å². The first-order chi connectivity index (χ1) is 8.91. The summed E-state index contributed by atoms with van der Waals surface area (Å²) in [5, 5.41) is 33.1. The van der Waals surface area contributed by atoms with Crippen LogP contribution in [0.4, 0.5) is 0 Å². The van der Waals surface area contributed by atoms with E-state index in [9.17, 15) is 28.7 Å². The Morgan fingerprint density at radius 2 is 1.05 bits per heavy atom. The van der Waals surface area contributed by atoms with Crippen molar-refractivity contribution in [2.45, 2.75) is 12.2 Å². The molecule has 0 aromatic carbocycles. The van der Waals surface area contributed by atoms with E-state index in [1.54, 1.807) is 0 Å². The average molecular weight is 547 g/mol. The molecule has 0 aliphatic rings. The van der Waals surface area contributed by atoms with Crippen LogP contribution in [-0.2, 0) is 18.2 Å². The first-order valence-corrected chi connectivity index (χ1v) is 7.74. The summed E-state index contributed by atoms with van der Waals surface area (Å²) in [5.41, 5.74) is 0. The van der Waals surface area contributed by atoms with Crippen LogP contribution in [0.5, 0.6) is 0 Å². The fraction of sp³-hybridized carbons (Fsp3) is 1.00. The van der Waals surface area contributed by atoms with E-state index in [1.165, 1.54) is 0 Å². The Hall–Kier alpha value is 0.982. The summed E-state index contributed by atoms with van der Waals surface area (Å²) in [5.74, 6) is 0. The standard InChI is InChI=1S/2C3H9O6P.Pb/c2*4-1-3(5)2-9-10(6,7)8;/h2*3-5H,1-2H2,(H2,6,7,8);/q;;+4/p-4. The van der Waals surface area contributed by atoms with Gasteiger partial charge in [-0.2, -0.15) is 0 Å². The average Bonchev–Trinajstić information content (AvgIpc) is 2.31. The molecule has 0 aliphatic carbocycles. The van der Waals surface area contributed by atoms with Gasteiger partial charge in [-0.1, -0.05) is 0 Å². The Labute approximate surface area is 140 Å². The summed E-state index contributed by atoms with van der Waals surface area (Å²) in [6, 6.07) is 0. The number of aliphatic hydroxyl groups excluding tert-OH is 4. The fourth-order valence-electron chi connectivity index (χ4n) is 0.460. The molecule has 2 unspecified atom stereocenters. The Balaban J connectivity index is -0.000000295. The van der Waals surface area contributed by atoms with Gasteiger partial charge in [-0.25, -0.2) is 0 Å². The van der Waals surface area contributed by atoms with Crippen molar-refractivity contribution in [3.05, 3.63) is 0 Å². The molecule has 21 heavy (non-hydrogen) atoms. The van der Waals surface area contributed by atoms with Crippen LogP contribution in [0.1, 0.15) is 0 Å². The number of phosphoric acid groups is 2. The maximum Gasteiger partial charge on any atom is 4.00 e. The molecule has 0 bridgehead atoms. The van der Waals surface area contributed by atoms with Gasteiger partial charge < -0.3 is 58.2 Å². The molecule has 0 fully saturated rings. The predicted octanol–water partition coefficient (Wildman–Crippen LogP) is -6.01. The first-order valence-electron chi connectivity index (χ1n) is 4.82. The van der Waals surface area contributed by atoms with E-state index in [0.29, 0.717) is 0 Å². The molecule has 2 atom stereocenters. The molecule has 0 aromatic rings. The predicted molar refractivity (Wildman–Crippen MR) is 59.1 cm³/mol. The summed E-state index contributed by atoms with van der Waals surface area (Å²) < 4.78 is 26.7. The first kappa shape index (κ1) is 26.9. The molecule has 0 saturated carbocycles. The minimum Gasteiger partial charge on any atom is -0.790 e. The van der Waals surface area contributed by atoms with E-state index in [-0.39, 0.29) is 27.3 Å². The van der Waals surface area contributed by atoms with E-state index in [2.05, 4.69) is 9.05 Å². The molecule has 0 radical (unpaired) electrons. The third-order valence-electron chi connectivity index (χ3n) is 1.27. The second-order valence-electron chi connectivity index (χ2n) is 3.16. The van der Waals surface area contributed by atoms with Gasteiger partial charge in [0.2, 0.25) is 0 Å². The molecule has 0 heterocycles. The van der Waals surface area contributed by atoms with E-state index in [1.807, 2.05) is 0 Å². The summed E-state index contributed by atoms with van der Waals surface area (Å²) in [6.07, 6.45) is -2.65. The largest absolute Gasteiger partial charge is 4.00 e. The SMILES string of the molecule is O=P([O-])([O-])OCC(O)CO.O=P([O-])([O-])OCC(O)CO.[Pb+4]. The molecule has 0 aromatic heterocycles. The molecule has 0 aliphatic heterocycles. The number of aliphatic hydroxyl groups is 4. The van der Waals surface area contributed by atoms with Crippen molar-refractivity contribution in [3.8, 4) is 0 Å². The number of rotatable bonds is 8. The van der Waals surface area contributed by atoms with Crippen LogP contribution in [0.25, 0.3) is 0 Å². The number of hydrogen-bond acceptors (Lipinski definition) is 12. The van der Waals surface area contributed by atoms with Gasteiger partial charge >= 0.3 is 27.3 Å². The van der Waals surface area contributed by atoms with Gasteiger partial charge in [-0.3, -0.25) is 0 Å². The molecule has 4 N–H and O–H groups in total. The third kappa shape index (κ3) is 26.2. The van der Waals surface area contributed by atoms with Crippen LogP contribution in [0.15, 0.2) is 0 Å². The van der Waals surface area contributed by atoms with Crippen molar-refractivity contribution < 1.29 is 58.2 Å². The van der Waals surface area contributed by atoms with Crippen molar-refractivity contribution in [2.24, 2.45) is 0 Å². The molecule has 12 nitrogen and oxygen atoms in total. The minimum atomic E-state index is -5.00. The van der Waals surface area contributed by atoms with Gasteiger partial charge in [0, 0.05) is 0 Å². The molecule has 0 rings (SSSR count). The van der Waals surface area contributed by atoms with Gasteiger partial charge in [-0.05, 0) is 0 Å². The zero-order valence-electron chi connectivity index (χ0n) is 10.4. The van der Waals surface area contributed by atoms with E-state index >= 15 is 0 Å². The summed E-state index contributed by atoms with van der Waals surface area (Å²) in [6.45, 7) is -2.67. The van der Waals surface area contributed by atoms with Gasteiger partial charge in [0.25, 0.3) is 0 Å².